The first-order valence-corrected chi connectivity index (χ1v) is 6.71. The second-order valence-corrected chi connectivity index (χ2v) is 5.28. The third-order valence-corrected chi connectivity index (χ3v) is 2.91. The van der Waals surface area contributed by atoms with Gasteiger partial charge in [-0.3, -0.25) is 0 Å². The summed E-state index contributed by atoms with van der Waals surface area (Å²) in [4.78, 5) is 0. The van der Waals surface area contributed by atoms with E-state index in [2.05, 4.69) is 5.32 Å². The number of hydrogen-bond donors (Lipinski definition) is 3. The Morgan fingerprint density at radius 3 is 2.71 bits per heavy atom. The molecule has 0 aliphatic heterocycles. The van der Waals surface area contributed by atoms with Crippen LogP contribution in [0, 0.1) is 0 Å². The lowest BCUT2D eigenvalue weighted by molar-refractivity contribution is 0.373. The predicted octanol–water partition coefficient (Wildman–Crippen LogP) is -0.221. The van der Waals surface area contributed by atoms with E-state index < -0.39 is 10.0 Å². The number of primary sulfonamides is 1. The molecule has 96 valence electrons. The molecular weight excluding hydrogens is 244 g/mol. The summed E-state index contributed by atoms with van der Waals surface area (Å²) >= 11 is 0. The topological polar surface area (TPSA) is 102 Å². The molecule has 6 nitrogen and oxygen atoms in total. The van der Waals surface area contributed by atoms with Crippen molar-refractivity contribution in [3.63, 3.8) is 0 Å². The Morgan fingerprint density at radius 1 is 1.47 bits per heavy atom. The molecule has 17 heavy (non-hydrogen) atoms. The van der Waals surface area contributed by atoms with Crippen LogP contribution in [0.25, 0.3) is 0 Å². The van der Waals surface area contributed by atoms with E-state index in [9.17, 15) is 13.5 Å². The highest BCUT2D eigenvalue weighted by atomic mass is 32.2. The summed E-state index contributed by atoms with van der Waals surface area (Å²) in [5.74, 6) is 0.339. The number of methoxy groups -OCH3 is 1. The highest BCUT2D eigenvalue weighted by Crippen LogP contribution is 2.25. The van der Waals surface area contributed by atoms with Crippen LogP contribution in [0.15, 0.2) is 18.2 Å². The highest BCUT2D eigenvalue weighted by molar-refractivity contribution is 7.89. The predicted molar refractivity (Wildman–Crippen MR) is 64.3 cm³/mol. The molecule has 7 heteroatoms. The molecule has 4 N–H and O–H groups in total. The Balaban J connectivity index is 2.45. The van der Waals surface area contributed by atoms with Crippen molar-refractivity contribution in [2.24, 2.45) is 5.14 Å². The minimum atomic E-state index is -3.43. The van der Waals surface area contributed by atoms with Crippen molar-refractivity contribution in [3.05, 3.63) is 23.8 Å². The lowest BCUT2D eigenvalue weighted by atomic mass is 10.2. The molecule has 1 aromatic rings. The minimum Gasteiger partial charge on any atom is -0.504 e. The zero-order valence-corrected chi connectivity index (χ0v) is 10.3. The summed E-state index contributed by atoms with van der Waals surface area (Å²) in [7, 11) is -1.96. The third kappa shape index (κ3) is 5.03. The number of hydrogen-bond acceptors (Lipinski definition) is 5. The number of nitrogens with two attached hydrogens (primary N) is 1. The maximum Gasteiger partial charge on any atom is 0.210 e. The van der Waals surface area contributed by atoms with Crippen LogP contribution < -0.4 is 15.2 Å². The molecule has 0 saturated heterocycles. The van der Waals surface area contributed by atoms with Crippen LogP contribution in [-0.4, -0.2) is 32.9 Å². The zero-order chi connectivity index (χ0) is 12.9. The van der Waals surface area contributed by atoms with Crippen molar-refractivity contribution < 1.29 is 18.3 Å². The zero-order valence-electron chi connectivity index (χ0n) is 9.51. The van der Waals surface area contributed by atoms with Crippen molar-refractivity contribution >= 4 is 10.0 Å². The first kappa shape index (κ1) is 13.8. The standard InChI is InChI=1S/C10H16N2O4S/c1-16-10-3-2-8(6-9(10)13)7-12-4-5-17(11,14)15/h2-3,6,12-13H,4-5,7H2,1H3,(H2,11,14,15). The summed E-state index contributed by atoms with van der Waals surface area (Å²) in [5.41, 5.74) is 0.831. The van der Waals surface area contributed by atoms with Gasteiger partial charge in [-0.25, -0.2) is 13.6 Å². The van der Waals surface area contributed by atoms with Gasteiger partial charge in [0, 0.05) is 13.1 Å². The van der Waals surface area contributed by atoms with Crippen LogP contribution in [0.3, 0.4) is 0 Å². The number of sulfonamides is 1. The number of phenolic OH excluding ortho intramolecular Hbond substituents is 1. The van der Waals surface area contributed by atoms with Gasteiger partial charge in [0.1, 0.15) is 0 Å². The summed E-state index contributed by atoms with van der Waals surface area (Å²) in [6, 6.07) is 4.98. The Bertz CT molecular complexity index is 473. The van der Waals surface area contributed by atoms with E-state index >= 15 is 0 Å². The molecule has 0 atom stereocenters. The van der Waals surface area contributed by atoms with Gasteiger partial charge in [-0.05, 0) is 17.7 Å². The fourth-order valence-corrected chi connectivity index (χ4v) is 1.72. The maximum atomic E-state index is 10.7. The number of benzene rings is 1. The molecule has 0 spiro atoms. The van der Waals surface area contributed by atoms with Crippen molar-refractivity contribution in [2.45, 2.75) is 6.54 Å². The Labute approximate surface area is 100 Å². The minimum absolute atomic E-state index is 0.0539. The van der Waals surface area contributed by atoms with Gasteiger partial charge in [0.15, 0.2) is 11.5 Å². The van der Waals surface area contributed by atoms with E-state index in [1.54, 1.807) is 18.2 Å². The number of phenols is 1. The molecule has 0 radical (unpaired) electrons. The fraction of sp³-hybridized carbons (Fsp3) is 0.400. The Morgan fingerprint density at radius 2 is 2.18 bits per heavy atom. The van der Waals surface area contributed by atoms with Gasteiger partial charge in [0.2, 0.25) is 10.0 Å². The summed E-state index contributed by atoms with van der Waals surface area (Å²) in [6.07, 6.45) is 0. The number of nitrogens with one attached hydrogen (secondary N) is 1. The molecular formula is C10H16N2O4S. The molecule has 0 heterocycles. The van der Waals surface area contributed by atoms with Gasteiger partial charge in [0.05, 0.1) is 12.9 Å². The molecule has 0 aliphatic carbocycles. The first-order valence-electron chi connectivity index (χ1n) is 4.99. The van der Waals surface area contributed by atoms with Crippen LogP contribution in [0.4, 0.5) is 0 Å². The number of ether oxygens (including phenoxy) is 1. The van der Waals surface area contributed by atoms with Gasteiger partial charge in [0.25, 0.3) is 0 Å². The van der Waals surface area contributed by atoms with Gasteiger partial charge in [-0.2, -0.15) is 0 Å². The molecule has 0 bridgehead atoms. The number of aromatic hydroxyl groups is 1. The SMILES string of the molecule is COc1ccc(CNCCS(N)(=O)=O)cc1O. The normalized spacial score (nSPS) is 11.4. The Kier molecular flexibility index (Phi) is 4.73. The highest BCUT2D eigenvalue weighted by Gasteiger charge is 2.04. The molecule has 0 aromatic heterocycles. The fourth-order valence-electron chi connectivity index (χ4n) is 1.29. The smallest absolute Gasteiger partial charge is 0.210 e. The van der Waals surface area contributed by atoms with Crippen molar-refractivity contribution in [1.82, 2.24) is 5.32 Å². The van der Waals surface area contributed by atoms with E-state index in [1.165, 1.54) is 7.11 Å². The largest absolute Gasteiger partial charge is 0.504 e. The molecule has 0 saturated carbocycles. The second-order valence-electron chi connectivity index (χ2n) is 3.55. The van der Waals surface area contributed by atoms with Crippen molar-refractivity contribution in [2.75, 3.05) is 19.4 Å². The summed E-state index contributed by atoms with van der Waals surface area (Å²) in [6.45, 7) is 0.721. The van der Waals surface area contributed by atoms with Crippen LogP contribution in [-0.2, 0) is 16.6 Å². The van der Waals surface area contributed by atoms with E-state index in [4.69, 9.17) is 9.88 Å². The molecule has 0 fully saturated rings. The van der Waals surface area contributed by atoms with E-state index in [-0.39, 0.29) is 18.0 Å². The lowest BCUT2D eigenvalue weighted by Gasteiger charge is -2.07. The van der Waals surface area contributed by atoms with E-state index in [0.29, 0.717) is 12.3 Å². The van der Waals surface area contributed by atoms with Crippen LogP contribution in [0.1, 0.15) is 5.56 Å². The molecule has 1 rings (SSSR count). The van der Waals surface area contributed by atoms with Crippen LogP contribution in [0.5, 0.6) is 11.5 Å². The van der Waals surface area contributed by atoms with Gasteiger partial charge in [-0.1, -0.05) is 6.07 Å². The Hall–Kier alpha value is -1.31. The van der Waals surface area contributed by atoms with Crippen LogP contribution >= 0.6 is 0 Å². The molecule has 0 unspecified atom stereocenters. The first-order chi connectivity index (χ1) is 7.92. The third-order valence-electron chi connectivity index (χ3n) is 2.14. The molecule has 0 aliphatic rings. The quantitative estimate of drug-likeness (QED) is 0.614. The monoisotopic (exact) mass is 260 g/mol. The summed E-state index contributed by atoms with van der Waals surface area (Å²) < 4.78 is 26.2. The van der Waals surface area contributed by atoms with Gasteiger partial charge >= 0.3 is 0 Å². The summed E-state index contributed by atoms with van der Waals surface area (Å²) in [5, 5.41) is 17.3. The second kappa shape index (κ2) is 5.85. The van der Waals surface area contributed by atoms with Gasteiger partial charge < -0.3 is 15.2 Å². The molecule has 0 amide bonds. The van der Waals surface area contributed by atoms with Gasteiger partial charge in [-0.15, -0.1) is 0 Å². The molecule has 1 aromatic carbocycles. The lowest BCUT2D eigenvalue weighted by Crippen LogP contribution is -2.26. The average Bonchev–Trinajstić information content (AvgIpc) is 2.23. The average molecular weight is 260 g/mol. The van der Waals surface area contributed by atoms with Crippen LogP contribution in [0.2, 0.25) is 0 Å². The van der Waals surface area contributed by atoms with Crippen molar-refractivity contribution in [3.8, 4) is 11.5 Å². The van der Waals surface area contributed by atoms with E-state index in [0.717, 1.165) is 5.56 Å². The van der Waals surface area contributed by atoms with E-state index in [1.807, 2.05) is 0 Å². The number of rotatable bonds is 6. The maximum absolute atomic E-state index is 10.7. The van der Waals surface area contributed by atoms with Crippen molar-refractivity contribution in [1.29, 1.82) is 0 Å².